The topological polar surface area (TPSA) is 23.5 Å². The molecule has 0 aliphatic rings. The Bertz CT molecular complexity index is 285. The zero-order valence-electron chi connectivity index (χ0n) is 8.95. The largest absolute Gasteiger partial charge is 0.508 e. The molecule has 3 heteroatoms. The molecule has 80 valence electrons. The van der Waals surface area contributed by atoms with E-state index in [1.54, 1.807) is 0 Å². The van der Waals surface area contributed by atoms with Crippen molar-refractivity contribution in [1.82, 2.24) is 0 Å². The fourth-order valence-corrected chi connectivity index (χ4v) is 1.38. The molecule has 0 saturated heterocycles. The number of phenols is 1. The summed E-state index contributed by atoms with van der Waals surface area (Å²) in [5.41, 5.74) is 2.02. The van der Waals surface area contributed by atoms with E-state index in [0.29, 0.717) is 5.75 Å². The van der Waals surface area contributed by atoms with Crippen LogP contribution in [-0.4, -0.2) is 18.2 Å². The van der Waals surface area contributed by atoms with Crippen molar-refractivity contribution in [2.75, 3.05) is 18.0 Å². The van der Waals surface area contributed by atoms with Gasteiger partial charge in [0.15, 0.2) is 0 Å². The lowest BCUT2D eigenvalue weighted by atomic mass is 10.2. The number of halogens is 1. The molecule has 0 radical (unpaired) electrons. The summed E-state index contributed by atoms with van der Waals surface area (Å²) < 4.78 is 0. The molecule has 0 aliphatic heterocycles. The maximum absolute atomic E-state index is 9.51. The van der Waals surface area contributed by atoms with Gasteiger partial charge < -0.3 is 10.0 Å². The number of rotatable bonds is 3. The summed E-state index contributed by atoms with van der Waals surface area (Å²) in [5.74, 6) is 0.379. The molecule has 1 aromatic carbocycles. The average molecular weight is 216 g/mol. The Morgan fingerprint density at radius 1 is 1.21 bits per heavy atom. The molecule has 0 amide bonds. The Morgan fingerprint density at radius 3 is 2.21 bits per heavy atom. The zero-order valence-corrected chi connectivity index (χ0v) is 9.77. The Kier molecular flexibility index (Phi) is 5.39. The van der Waals surface area contributed by atoms with Gasteiger partial charge in [-0.1, -0.05) is 6.07 Å². The molecule has 1 N–H and O–H groups in total. The summed E-state index contributed by atoms with van der Waals surface area (Å²) in [6, 6.07) is 5.81. The van der Waals surface area contributed by atoms with Crippen LogP contribution < -0.4 is 4.90 Å². The molecule has 1 aromatic rings. The average Bonchev–Trinajstić information content (AvgIpc) is 2.13. The quantitative estimate of drug-likeness (QED) is 0.838. The van der Waals surface area contributed by atoms with E-state index in [4.69, 9.17) is 0 Å². The summed E-state index contributed by atoms with van der Waals surface area (Å²) in [6.45, 7) is 8.07. The maximum atomic E-state index is 9.51. The van der Waals surface area contributed by atoms with Crippen LogP contribution in [0.15, 0.2) is 18.2 Å². The number of nitrogens with zero attached hydrogens (tertiary/aromatic N) is 1. The Hall–Kier alpha value is -0.890. The molecular formula is C11H18ClNO. The van der Waals surface area contributed by atoms with Crippen molar-refractivity contribution in [3.8, 4) is 5.75 Å². The van der Waals surface area contributed by atoms with Crippen LogP contribution >= 0.6 is 12.4 Å². The molecule has 14 heavy (non-hydrogen) atoms. The molecule has 2 nitrogen and oxygen atoms in total. The summed E-state index contributed by atoms with van der Waals surface area (Å²) in [6.07, 6.45) is 0. The minimum atomic E-state index is 0. The van der Waals surface area contributed by atoms with Gasteiger partial charge >= 0.3 is 0 Å². The van der Waals surface area contributed by atoms with Gasteiger partial charge in [-0.25, -0.2) is 0 Å². The van der Waals surface area contributed by atoms with E-state index in [9.17, 15) is 5.11 Å². The van der Waals surface area contributed by atoms with Gasteiger partial charge in [0.25, 0.3) is 0 Å². The van der Waals surface area contributed by atoms with E-state index in [2.05, 4.69) is 18.7 Å². The number of aromatic hydroxyl groups is 1. The summed E-state index contributed by atoms with van der Waals surface area (Å²) in [5, 5.41) is 9.51. The first-order chi connectivity index (χ1) is 6.19. The molecule has 1 rings (SSSR count). The van der Waals surface area contributed by atoms with Crippen LogP contribution in [0.5, 0.6) is 5.75 Å². The summed E-state index contributed by atoms with van der Waals surface area (Å²) >= 11 is 0. The Balaban J connectivity index is 0.00000169. The van der Waals surface area contributed by atoms with Crippen LogP contribution in [0.25, 0.3) is 0 Å². The fourth-order valence-electron chi connectivity index (χ4n) is 1.38. The number of phenolic OH excluding ortho intramolecular Hbond substituents is 1. The fraction of sp³-hybridized carbons (Fsp3) is 0.455. The third-order valence-electron chi connectivity index (χ3n) is 2.32. The van der Waals surface area contributed by atoms with Crippen molar-refractivity contribution in [3.05, 3.63) is 23.8 Å². The molecule has 0 saturated carbocycles. The third kappa shape index (κ3) is 2.81. The standard InChI is InChI=1S/C11H17NO.ClH/c1-4-12(5-2)10-7-6-9(3)11(13)8-10;/h6-8,13H,4-5H2,1-3H3;1H. The van der Waals surface area contributed by atoms with Gasteiger partial charge in [-0.3, -0.25) is 0 Å². The molecule has 0 aromatic heterocycles. The number of benzene rings is 1. The summed E-state index contributed by atoms with van der Waals surface area (Å²) in [7, 11) is 0. The molecule has 0 aliphatic carbocycles. The van der Waals surface area contributed by atoms with Crippen molar-refractivity contribution in [2.45, 2.75) is 20.8 Å². The van der Waals surface area contributed by atoms with Gasteiger partial charge in [-0.05, 0) is 32.4 Å². The lowest BCUT2D eigenvalue weighted by molar-refractivity contribution is 0.471. The lowest BCUT2D eigenvalue weighted by Gasteiger charge is -2.21. The van der Waals surface area contributed by atoms with Gasteiger partial charge in [0, 0.05) is 24.8 Å². The van der Waals surface area contributed by atoms with E-state index in [0.717, 1.165) is 24.3 Å². The van der Waals surface area contributed by atoms with Crippen molar-refractivity contribution >= 4 is 18.1 Å². The SMILES string of the molecule is CCN(CC)c1ccc(C)c(O)c1.Cl. The van der Waals surface area contributed by atoms with Gasteiger partial charge in [0.05, 0.1) is 0 Å². The second-order valence-corrected chi connectivity index (χ2v) is 3.14. The molecular weight excluding hydrogens is 198 g/mol. The van der Waals surface area contributed by atoms with Gasteiger partial charge in [-0.15, -0.1) is 12.4 Å². The Labute approximate surface area is 92.0 Å². The molecule has 0 unspecified atom stereocenters. The normalized spacial score (nSPS) is 9.36. The number of hydrogen-bond donors (Lipinski definition) is 1. The smallest absolute Gasteiger partial charge is 0.120 e. The highest BCUT2D eigenvalue weighted by Gasteiger charge is 2.03. The van der Waals surface area contributed by atoms with Crippen molar-refractivity contribution in [2.24, 2.45) is 0 Å². The van der Waals surface area contributed by atoms with Gasteiger partial charge in [0.1, 0.15) is 5.75 Å². The predicted octanol–water partition coefficient (Wildman–Crippen LogP) is 2.97. The van der Waals surface area contributed by atoms with Crippen LogP contribution in [0.1, 0.15) is 19.4 Å². The minimum Gasteiger partial charge on any atom is -0.508 e. The highest BCUT2D eigenvalue weighted by atomic mass is 35.5. The maximum Gasteiger partial charge on any atom is 0.120 e. The highest BCUT2D eigenvalue weighted by molar-refractivity contribution is 5.85. The van der Waals surface area contributed by atoms with Crippen LogP contribution in [0.3, 0.4) is 0 Å². The first kappa shape index (κ1) is 13.1. The van der Waals surface area contributed by atoms with E-state index in [-0.39, 0.29) is 12.4 Å². The van der Waals surface area contributed by atoms with Crippen molar-refractivity contribution in [3.63, 3.8) is 0 Å². The first-order valence-corrected chi connectivity index (χ1v) is 4.73. The monoisotopic (exact) mass is 215 g/mol. The molecule has 0 heterocycles. The molecule has 0 fully saturated rings. The van der Waals surface area contributed by atoms with E-state index in [1.165, 1.54) is 0 Å². The second kappa shape index (κ2) is 5.76. The van der Waals surface area contributed by atoms with Crippen molar-refractivity contribution in [1.29, 1.82) is 0 Å². The number of hydrogen-bond acceptors (Lipinski definition) is 2. The van der Waals surface area contributed by atoms with E-state index < -0.39 is 0 Å². The van der Waals surface area contributed by atoms with E-state index >= 15 is 0 Å². The van der Waals surface area contributed by atoms with Crippen LogP contribution in [-0.2, 0) is 0 Å². The van der Waals surface area contributed by atoms with Gasteiger partial charge in [-0.2, -0.15) is 0 Å². The molecule has 0 spiro atoms. The number of anilines is 1. The second-order valence-electron chi connectivity index (χ2n) is 3.14. The van der Waals surface area contributed by atoms with Crippen molar-refractivity contribution < 1.29 is 5.11 Å². The third-order valence-corrected chi connectivity index (χ3v) is 2.32. The van der Waals surface area contributed by atoms with Crippen LogP contribution in [0, 0.1) is 6.92 Å². The Morgan fingerprint density at radius 2 is 1.79 bits per heavy atom. The lowest BCUT2D eigenvalue weighted by Crippen LogP contribution is -2.21. The number of aryl methyl sites for hydroxylation is 1. The van der Waals surface area contributed by atoms with Crippen LogP contribution in [0.4, 0.5) is 5.69 Å². The molecule has 0 atom stereocenters. The van der Waals surface area contributed by atoms with Crippen LogP contribution in [0.2, 0.25) is 0 Å². The van der Waals surface area contributed by atoms with Gasteiger partial charge in [0.2, 0.25) is 0 Å². The molecule has 0 bridgehead atoms. The zero-order chi connectivity index (χ0) is 9.84. The van der Waals surface area contributed by atoms with E-state index in [1.807, 2.05) is 25.1 Å². The highest BCUT2D eigenvalue weighted by Crippen LogP contribution is 2.23. The predicted molar refractivity (Wildman–Crippen MR) is 63.7 cm³/mol. The first-order valence-electron chi connectivity index (χ1n) is 4.73. The minimum absolute atomic E-state index is 0. The summed E-state index contributed by atoms with van der Waals surface area (Å²) in [4.78, 5) is 2.21.